The number of nitro groups is 2. The van der Waals surface area contributed by atoms with E-state index in [4.69, 9.17) is 9.47 Å². The van der Waals surface area contributed by atoms with Crippen LogP contribution in [0.4, 0.5) is 32.3 Å². The van der Waals surface area contributed by atoms with Crippen molar-refractivity contribution in [2.24, 2.45) is 0 Å². The van der Waals surface area contributed by atoms with Gasteiger partial charge in [-0.3, -0.25) is 20.2 Å². The number of hydrogen-bond donors (Lipinski definition) is 1. The molecule has 2 aliphatic heterocycles. The molecule has 1 N–H and O–H groups in total. The largest absolute Gasteiger partial charge is 0.444 e. The van der Waals surface area contributed by atoms with E-state index in [9.17, 15) is 29.8 Å². The molecule has 4 rings (SSSR count). The zero-order chi connectivity index (χ0) is 33.5. The van der Waals surface area contributed by atoms with Gasteiger partial charge in [-0.1, -0.05) is 0 Å². The zero-order valence-corrected chi connectivity index (χ0v) is 27.0. The van der Waals surface area contributed by atoms with Gasteiger partial charge in [0, 0.05) is 68.9 Å². The molecule has 2 amide bonds. The Hall–Kier alpha value is -4.62. The quantitative estimate of drug-likeness (QED) is 0.309. The molecule has 0 unspecified atom stereocenters. The first-order valence-corrected chi connectivity index (χ1v) is 14.9. The average Bonchev–Trinajstić information content (AvgIpc) is 3.61. The standard InChI is InChI=1S/C16H23N3O4.C15H21N3O4/c1-16(2,3)23-15(20)17(4)14-9-10-18(11-14)12-5-7-13(8-6-12)19(21)22;1-15(2,3)22-14(19)16-11-8-9-17(10-11)12-4-6-13(7-5-12)18(20)21/h5-8,14H,9-11H2,1-4H3;4-7,11H,8-10H2,1-3H3,(H,16,19)/t14-;11-/m11/s1. The van der Waals surface area contributed by atoms with Crippen LogP contribution in [0.3, 0.4) is 0 Å². The van der Waals surface area contributed by atoms with Gasteiger partial charge in [-0.15, -0.1) is 0 Å². The molecule has 0 bridgehead atoms. The lowest BCUT2D eigenvalue weighted by Crippen LogP contribution is -2.42. The molecule has 14 nitrogen and oxygen atoms in total. The highest BCUT2D eigenvalue weighted by atomic mass is 16.6. The molecule has 0 radical (unpaired) electrons. The van der Waals surface area contributed by atoms with Crippen molar-refractivity contribution in [2.45, 2.75) is 77.7 Å². The summed E-state index contributed by atoms with van der Waals surface area (Å²) in [7, 11) is 1.75. The maximum Gasteiger partial charge on any atom is 0.410 e. The number of non-ortho nitro benzene ring substituents is 2. The van der Waals surface area contributed by atoms with Gasteiger partial charge in [0.2, 0.25) is 0 Å². The Balaban J connectivity index is 0.000000246. The predicted octanol–water partition coefficient (Wildman–Crippen LogP) is 5.74. The smallest absolute Gasteiger partial charge is 0.410 e. The van der Waals surface area contributed by atoms with Crippen molar-refractivity contribution < 1.29 is 28.9 Å². The number of rotatable bonds is 6. The minimum absolute atomic E-state index is 0.0186. The van der Waals surface area contributed by atoms with Crippen LogP contribution in [0.1, 0.15) is 54.4 Å². The molecule has 2 aliphatic rings. The number of nitro benzene ring substituents is 2. The van der Waals surface area contributed by atoms with Gasteiger partial charge >= 0.3 is 12.2 Å². The second-order valence-electron chi connectivity index (χ2n) is 13.1. The van der Waals surface area contributed by atoms with E-state index >= 15 is 0 Å². The zero-order valence-electron chi connectivity index (χ0n) is 27.0. The Bertz CT molecular complexity index is 1340. The summed E-state index contributed by atoms with van der Waals surface area (Å²) in [4.78, 5) is 50.2. The summed E-state index contributed by atoms with van der Waals surface area (Å²) in [6.07, 6.45) is 0.916. The maximum atomic E-state index is 12.1. The molecule has 2 fully saturated rings. The molecular weight excluding hydrogens is 584 g/mol. The summed E-state index contributed by atoms with van der Waals surface area (Å²) >= 11 is 0. The number of likely N-dealkylation sites (N-methyl/N-ethyl adjacent to an activating group) is 1. The highest BCUT2D eigenvalue weighted by Gasteiger charge is 2.31. The van der Waals surface area contributed by atoms with Crippen molar-refractivity contribution in [3.05, 3.63) is 68.8 Å². The normalized spacial score (nSPS) is 18.0. The lowest BCUT2D eigenvalue weighted by atomic mass is 10.2. The third-order valence-corrected chi connectivity index (χ3v) is 7.15. The number of ether oxygens (including phenoxy) is 2. The van der Waals surface area contributed by atoms with E-state index in [-0.39, 0.29) is 29.6 Å². The Kier molecular flexibility index (Phi) is 11.2. The summed E-state index contributed by atoms with van der Waals surface area (Å²) in [6, 6.07) is 13.0. The first-order valence-electron chi connectivity index (χ1n) is 14.9. The average molecular weight is 629 g/mol. The van der Waals surface area contributed by atoms with Crippen molar-refractivity contribution in [1.29, 1.82) is 0 Å². The van der Waals surface area contributed by atoms with Crippen LogP contribution in [-0.4, -0.2) is 83.4 Å². The number of carbonyl (C=O) groups is 2. The number of nitrogens with one attached hydrogen (secondary N) is 1. The molecular formula is C31H44N6O8. The van der Waals surface area contributed by atoms with E-state index in [1.165, 1.54) is 24.3 Å². The Labute approximate surface area is 263 Å². The number of hydrogen-bond acceptors (Lipinski definition) is 10. The molecule has 0 saturated carbocycles. The Morgan fingerprint density at radius 2 is 1.22 bits per heavy atom. The van der Waals surface area contributed by atoms with Gasteiger partial charge in [0.1, 0.15) is 11.2 Å². The van der Waals surface area contributed by atoms with Crippen LogP contribution in [0.15, 0.2) is 48.5 Å². The SMILES string of the molecule is CC(C)(C)OC(=O)N[C@@H]1CCN(c2ccc([N+](=O)[O-])cc2)C1.CN(C(=O)OC(C)(C)C)[C@@H]1CCN(c2ccc([N+](=O)[O-])cc2)C1. The van der Waals surface area contributed by atoms with Crippen molar-refractivity contribution in [3.8, 4) is 0 Å². The van der Waals surface area contributed by atoms with E-state index in [1.807, 2.05) is 41.5 Å². The molecule has 246 valence electrons. The van der Waals surface area contributed by atoms with Crippen LogP contribution < -0.4 is 15.1 Å². The van der Waals surface area contributed by atoms with Gasteiger partial charge in [0.15, 0.2) is 0 Å². The first kappa shape index (κ1) is 34.9. The number of benzene rings is 2. The highest BCUT2D eigenvalue weighted by Crippen LogP contribution is 2.26. The van der Waals surface area contributed by atoms with Crippen LogP contribution in [0, 0.1) is 20.2 Å². The number of carbonyl (C=O) groups excluding carboxylic acids is 2. The monoisotopic (exact) mass is 628 g/mol. The lowest BCUT2D eigenvalue weighted by molar-refractivity contribution is -0.385. The van der Waals surface area contributed by atoms with Crippen LogP contribution in [0.25, 0.3) is 0 Å². The summed E-state index contributed by atoms with van der Waals surface area (Å²) < 4.78 is 10.6. The third kappa shape index (κ3) is 10.8. The van der Waals surface area contributed by atoms with Gasteiger partial charge in [0.05, 0.1) is 21.9 Å². The molecule has 2 atom stereocenters. The van der Waals surface area contributed by atoms with Gasteiger partial charge in [-0.2, -0.15) is 0 Å². The second kappa shape index (κ2) is 14.4. The molecule has 0 aromatic heterocycles. The van der Waals surface area contributed by atoms with Crippen LogP contribution in [-0.2, 0) is 9.47 Å². The van der Waals surface area contributed by atoms with E-state index in [0.717, 1.165) is 37.3 Å². The van der Waals surface area contributed by atoms with Crippen molar-refractivity contribution in [2.75, 3.05) is 43.0 Å². The van der Waals surface area contributed by atoms with Crippen molar-refractivity contribution in [1.82, 2.24) is 10.2 Å². The Morgan fingerprint density at radius 1 is 0.778 bits per heavy atom. The van der Waals surface area contributed by atoms with Gasteiger partial charge in [0.25, 0.3) is 11.4 Å². The molecule has 0 aliphatic carbocycles. The summed E-state index contributed by atoms with van der Waals surface area (Å²) in [5, 5.41) is 24.2. The molecule has 2 aromatic rings. The third-order valence-electron chi connectivity index (χ3n) is 7.15. The van der Waals surface area contributed by atoms with Crippen LogP contribution in [0.5, 0.6) is 0 Å². The molecule has 2 aromatic carbocycles. The minimum atomic E-state index is -0.513. The summed E-state index contributed by atoms with van der Waals surface area (Å²) in [6.45, 7) is 13.9. The molecule has 2 heterocycles. The minimum Gasteiger partial charge on any atom is -0.444 e. The number of anilines is 2. The molecule has 2 saturated heterocycles. The van der Waals surface area contributed by atoms with Crippen molar-refractivity contribution >= 4 is 34.9 Å². The van der Waals surface area contributed by atoms with Crippen LogP contribution >= 0.6 is 0 Å². The Morgan fingerprint density at radius 3 is 1.67 bits per heavy atom. The maximum absolute atomic E-state index is 12.1. The van der Waals surface area contributed by atoms with E-state index in [2.05, 4.69) is 15.1 Å². The fourth-order valence-electron chi connectivity index (χ4n) is 4.93. The fourth-order valence-corrected chi connectivity index (χ4v) is 4.93. The molecule has 0 spiro atoms. The van der Waals surface area contributed by atoms with E-state index < -0.39 is 27.1 Å². The van der Waals surface area contributed by atoms with Gasteiger partial charge < -0.3 is 29.5 Å². The second-order valence-corrected chi connectivity index (χ2v) is 13.1. The number of nitrogens with zero attached hydrogens (tertiary/aromatic N) is 5. The first-order chi connectivity index (χ1) is 20.9. The van der Waals surface area contributed by atoms with Gasteiger partial charge in [-0.25, -0.2) is 9.59 Å². The van der Waals surface area contributed by atoms with E-state index in [0.29, 0.717) is 13.1 Å². The number of alkyl carbamates (subject to hydrolysis) is 1. The van der Waals surface area contributed by atoms with E-state index in [1.54, 1.807) is 36.2 Å². The summed E-state index contributed by atoms with van der Waals surface area (Å²) in [5.74, 6) is 0. The van der Waals surface area contributed by atoms with Crippen LogP contribution in [0.2, 0.25) is 0 Å². The lowest BCUT2D eigenvalue weighted by Gasteiger charge is -2.28. The summed E-state index contributed by atoms with van der Waals surface area (Å²) in [5.41, 5.74) is 0.972. The topological polar surface area (TPSA) is 161 Å². The molecule has 45 heavy (non-hydrogen) atoms. The number of amides is 2. The van der Waals surface area contributed by atoms with Crippen molar-refractivity contribution in [3.63, 3.8) is 0 Å². The predicted molar refractivity (Wildman–Crippen MR) is 171 cm³/mol. The highest BCUT2D eigenvalue weighted by molar-refractivity contribution is 5.69. The molecule has 14 heteroatoms. The fraction of sp³-hybridized carbons (Fsp3) is 0.548. The van der Waals surface area contributed by atoms with Gasteiger partial charge in [-0.05, 0) is 78.6 Å².